The number of aromatic nitrogens is 2. The molecule has 1 aromatic heterocycles. The molecule has 0 aliphatic rings. The lowest BCUT2D eigenvalue weighted by atomic mass is 10.2. The highest BCUT2D eigenvalue weighted by Crippen LogP contribution is 2.27. The van der Waals surface area contributed by atoms with E-state index in [2.05, 4.69) is 15.1 Å². The first-order chi connectivity index (χ1) is 14.0. The van der Waals surface area contributed by atoms with Gasteiger partial charge in [-0.15, -0.1) is 0 Å². The Morgan fingerprint density at radius 2 is 1.86 bits per heavy atom. The van der Waals surface area contributed by atoms with Gasteiger partial charge in [0.15, 0.2) is 11.6 Å². The maximum atomic E-state index is 10.2. The van der Waals surface area contributed by atoms with Crippen molar-refractivity contribution < 1.29 is 14.9 Å². The smallest absolute Gasteiger partial charge is 0.165 e. The summed E-state index contributed by atoms with van der Waals surface area (Å²) in [7, 11) is 1.75. The van der Waals surface area contributed by atoms with E-state index in [0.717, 1.165) is 12.1 Å². The van der Waals surface area contributed by atoms with Gasteiger partial charge in [0.2, 0.25) is 0 Å². The highest BCUT2D eigenvalue weighted by molar-refractivity contribution is 5.84. The summed E-state index contributed by atoms with van der Waals surface area (Å²) >= 11 is 0. The second-order valence-corrected chi connectivity index (χ2v) is 6.55. The first-order valence-electron chi connectivity index (χ1n) is 9.35. The van der Waals surface area contributed by atoms with E-state index in [4.69, 9.17) is 4.74 Å². The lowest BCUT2D eigenvalue weighted by molar-refractivity contribution is 0.315. The van der Waals surface area contributed by atoms with E-state index in [1.54, 1.807) is 60.7 Å². The van der Waals surface area contributed by atoms with Crippen LogP contribution >= 0.6 is 0 Å². The molecule has 1 heterocycles. The Morgan fingerprint density at radius 3 is 2.59 bits per heavy atom. The molecule has 0 unspecified atom stereocenters. The van der Waals surface area contributed by atoms with E-state index in [1.165, 1.54) is 0 Å². The Kier molecular flexibility index (Phi) is 6.29. The molecule has 0 aliphatic heterocycles. The van der Waals surface area contributed by atoms with Gasteiger partial charge in [0.1, 0.15) is 17.2 Å². The van der Waals surface area contributed by atoms with E-state index in [1.807, 2.05) is 19.9 Å². The molecule has 2 N–H and O–H groups in total. The van der Waals surface area contributed by atoms with Crippen LogP contribution in [0.3, 0.4) is 0 Å². The number of nitrogens with zero attached hydrogens (tertiary/aromatic N) is 4. The maximum absolute atomic E-state index is 10.2. The molecule has 3 aromatic rings. The topological polar surface area (TPSA) is 91.1 Å². The number of rotatable bonds is 7. The number of phenolic OH excluding ortho intramolecular Hbond substituents is 2. The first kappa shape index (κ1) is 20.1. The molecule has 0 spiro atoms. The van der Waals surface area contributed by atoms with Crippen molar-refractivity contribution in [1.29, 1.82) is 0 Å². The monoisotopic (exact) mass is 392 g/mol. The zero-order valence-corrected chi connectivity index (χ0v) is 16.7. The first-order valence-corrected chi connectivity index (χ1v) is 9.35. The molecule has 0 aliphatic carbocycles. The highest BCUT2D eigenvalue weighted by Gasteiger charge is 2.11. The van der Waals surface area contributed by atoms with E-state index in [9.17, 15) is 10.2 Å². The van der Waals surface area contributed by atoms with Gasteiger partial charge < -0.3 is 14.9 Å². The standard InChI is InChI=1S/C22H24N4O3/c1-4-11-29-17-10-9-16(20(28)13-17)14-23-26(3)21-12-15(2)24-22(25-21)18-7-5-6-8-19(18)27/h5-10,12-14,27-28H,4,11H2,1-3H3/b23-14-. The minimum atomic E-state index is 0.0875. The summed E-state index contributed by atoms with van der Waals surface area (Å²) in [5, 5.41) is 26.2. The molecule has 7 heteroatoms. The summed E-state index contributed by atoms with van der Waals surface area (Å²) in [6.45, 7) is 4.48. The van der Waals surface area contributed by atoms with Crippen molar-refractivity contribution in [2.45, 2.75) is 20.3 Å². The fourth-order valence-corrected chi connectivity index (χ4v) is 2.65. The Balaban J connectivity index is 1.82. The minimum absolute atomic E-state index is 0.0875. The third-order valence-corrected chi connectivity index (χ3v) is 4.16. The van der Waals surface area contributed by atoms with E-state index < -0.39 is 0 Å². The van der Waals surface area contributed by atoms with Crippen LogP contribution < -0.4 is 9.75 Å². The zero-order valence-electron chi connectivity index (χ0n) is 16.7. The molecule has 29 heavy (non-hydrogen) atoms. The van der Waals surface area contributed by atoms with Crippen LogP contribution in [-0.4, -0.2) is 40.1 Å². The fourth-order valence-electron chi connectivity index (χ4n) is 2.65. The molecule has 0 radical (unpaired) electrons. The molecule has 7 nitrogen and oxygen atoms in total. The minimum Gasteiger partial charge on any atom is -0.507 e. The number of hydrazone groups is 1. The third-order valence-electron chi connectivity index (χ3n) is 4.16. The van der Waals surface area contributed by atoms with Crippen LogP contribution in [0.15, 0.2) is 53.6 Å². The molecule has 0 atom stereocenters. The molecule has 0 saturated carbocycles. The van der Waals surface area contributed by atoms with Gasteiger partial charge in [0.05, 0.1) is 18.4 Å². The number of benzene rings is 2. The average molecular weight is 392 g/mol. The van der Waals surface area contributed by atoms with Crippen molar-refractivity contribution in [1.82, 2.24) is 9.97 Å². The van der Waals surface area contributed by atoms with Crippen LogP contribution in [0.5, 0.6) is 17.2 Å². The predicted molar refractivity (Wildman–Crippen MR) is 114 cm³/mol. The third kappa shape index (κ3) is 5.01. The summed E-state index contributed by atoms with van der Waals surface area (Å²) in [4.78, 5) is 8.92. The molecule has 0 amide bonds. The highest BCUT2D eigenvalue weighted by atomic mass is 16.5. The van der Waals surface area contributed by atoms with Crippen molar-refractivity contribution in [2.75, 3.05) is 18.7 Å². The number of ether oxygens (including phenoxy) is 1. The molecule has 0 bridgehead atoms. The number of aryl methyl sites for hydroxylation is 1. The summed E-state index contributed by atoms with van der Waals surface area (Å²) in [5.41, 5.74) is 1.86. The van der Waals surface area contributed by atoms with Gasteiger partial charge >= 0.3 is 0 Å². The van der Waals surface area contributed by atoms with Crippen LogP contribution in [0.2, 0.25) is 0 Å². The van der Waals surface area contributed by atoms with Gasteiger partial charge in [-0.25, -0.2) is 9.97 Å². The summed E-state index contributed by atoms with van der Waals surface area (Å²) in [6, 6.07) is 13.8. The largest absolute Gasteiger partial charge is 0.507 e. The van der Waals surface area contributed by atoms with Crippen LogP contribution in [0.1, 0.15) is 24.6 Å². The van der Waals surface area contributed by atoms with Crippen LogP contribution in [0.4, 0.5) is 5.82 Å². The van der Waals surface area contributed by atoms with Crippen molar-refractivity contribution in [3.05, 3.63) is 59.8 Å². The molecular formula is C22H24N4O3. The number of phenols is 2. The van der Waals surface area contributed by atoms with Crippen molar-refractivity contribution in [3.8, 4) is 28.6 Å². The number of aromatic hydroxyl groups is 2. The van der Waals surface area contributed by atoms with E-state index >= 15 is 0 Å². The molecular weight excluding hydrogens is 368 g/mol. The van der Waals surface area contributed by atoms with Gasteiger partial charge in [-0.05, 0) is 37.6 Å². The normalized spacial score (nSPS) is 11.0. The fraction of sp³-hybridized carbons (Fsp3) is 0.227. The Hall–Kier alpha value is -3.61. The zero-order chi connectivity index (χ0) is 20.8. The van der Waals surface area contributed by atoms with Crippen molar-refractivity contribution >= 4 is 12.0 Å². The Morgan fingerprint density at radius 1 is 1.07 bits per heavy atom. The van der Waals surface area contributed by atoms with Crippen molar-refractivity contribution in [2.24, 2.45) is 5.10 Å². The lowest BCUT2D eigenvalue weighted by Crippen LogP contribution is -2.12. The molecule has 2 aromatic carbocycles. The molecule has 3 rings (SSSR count). The van der Waals surface area contributed by atoms with Crippen LogP contribution in [0, 0.1) is 6.92 Å². The van der Waals surface area contributed by atoms with Gasteiger partial charge in [-0.3, -0.25) is 5.01 Å². The number of anilines is 1. The summed E-state index contributed by atoms with van der Waals surface area (Å²) < 4.78 is 5.51. The number of para-hydroxylation sites is 1. The van der Waals surface area contributed by atoms with Gasteiger partial charge in [-0.1, -0.05) is 19.1 Å². The average Bonchev–Trinajstić information content (AvgIpc) is 2.71. The summed E-state index contributed by atoms with van der Waals surface area (Å²) in [5.74, 6) is 1.80. The number of hydrogen-bond donors (Lipinski definition) is 2. The Bertz CT molecular complexity index is 1020. The quantitative estimate of drug-likeness (QED) is 0.464. The van der Waals surface area contributed by atoms with Gasteiger partial charge in [0, 0.05) is 30.4 Å². The molecule has 0 fully saturated rings. The van der Waals surface area contributed by atoms with E-state index in [0.29, 0.717) is 35.1 Å². The van der Waals surface area contributed by atoms with Crippen molar-refractivity contribution in [3.63, 3.8) is 0 Å². The summed E-state index contributed by atoms with van der Waals surface area (Å²) in [6.07, 6.45) is 2.45. The number of hydrogen-bond acceptors (Lipinski definition) is 7. The Labute approximate surface area is 170 Å². The second kappa shape index (κ2) is 9.05. The molecule has 0 saturated heterocycles. The van der Waals surface area contributed by atoms with E-state index in [-0.39, 0.29) is 11.5 Å². The SMILES string of the molecule is CCCOc1ccc(/C=N\N(C)c2cc(C)nc(-c3ccccc3O)n2)c(O)c1. The van der Waals surface area contributed by atoms with Crippen LogP contribution in [0.25, 0.3) is 11.4 Å². The van der Waals surface area contributed by atoms with Gasteiger partial charge in [0.25, 0.3) is 0 Å². The lowest BCUT2D eigenvalue weighted by Gasteiger charge is -2.14. The van der Waals surface area contributed by atoms with Crippen LogP contribution in [-0.2, 0) is 0 Å². The maximum Gasteiger partial charge on any atom is 0.165 e. The second-order valence-electron chi connectivity index (χ2n) is 6.55. The molecule has 150 valence electrons. The van der Waals surface area contributed by atoms with Gasteiger partial charge in [-0.2, -0.15) is 5.10 Å². The predicted octanol–water partition coefficient (Wildman–Crippen LogP) is 4.12.